The van der Waals surface area contributed by atoms with Gasteiger partial charge in [-0.1, -0.05) is 0 Å². The second-order valence-corrected chi connectivity index (χ2v) is 6.12. The van der Waals surface area contributed by atoms with Crippen LogP contribution in [0, 0.1) is 17.7 Å². The average Bonchev–Trinajstić information content (AvgIpc) is 2.91. The summed E-state index contributed by atoms with van der Waals surface area (Å²) in [6.07, 6.45) is 1.36. The summed E-state index contributed by atoms with van der Waals surface area (Å²) in [7, 11) is 0. The third kappa shape index (κ3) is 1.73. The number of nitrogens with zero attached hydrogens (tertiary/aromatic N) is 2. The fraction of sp³-hybridized carbons (Fsp3) is 0.533. The van der Waals surface area contributed by atoms with Crippen molar-refractivity contribution in [2.45, 2.75) is 25.8 Å². The number of hydrogen-bond donors (Lipinski definition) is 1. The Hall–Kier alpha value is -1.62. The number of hydrogen-bond acceptors (Lipinski definition) is 2. The standard InChI is InChI=1S/C15H18FN3O/c1-8(2)19-14(15-10-6-20-7-11(10)15)4-13(18-19)12-3-9(16)5-17-12/h3-5,8,10-11,15,17H,6-7H2,1-2H3/t10-,11+,15?. The molecule has 5 heteroatoms. The van der Waals surface area contributed by atoms with Crippen LogP contribution in [0.25, 0.3) is 11.4 Å². The molecule has 0 spiro atoms. The number of halogens is 1. The van der Waals surface area contributed by atoms with Crippen LogP contribution in [-0.4, -0.2) is 28.0 Å². The summed E-state index contributed by atoms with van der Waals surface area (Å²) in [4.78, 5) is 2.94. The molecule has 20 heavy (non-hydrogen) atoms. The third-order valence-electron chi connectivity index (χ3n) is 4.47. The van der Waals surface area contributed by atoms with Gasteiger partial charge in [0.25, 0.3) is 0 Å². The van der Waals surface area contributed by atoms with E-state index in [1.807, 2.05) is 0 Å². The maximum atomic E-state index is 13.2. The lowest BCUT2D eigenvalue weighted by atomic mass is 10.2. The molecule has 1 saturated heterocycles. The number of nitrogens with one attached hydrogen (secondary N) is 1. The molecular formula is C15H18FN3O. The van der Waals surface area contributed by atoms with Gasteiger partial charge in [0.15, 0.2) is 0 Å². The fourth-order valence-electron chi connectivity index (χ4n) is 3.40. The second-order valence-electron chi connectivity index (χ2n) is 6.12. The molecule has 1 unspecified atom stereocenters. The van der Waals surface area contributed by atoms with E-state index in [1.54, 1.807) is 0 Å². The first-order chi connectivity index (χ1) is 9.65. The monoisotopic (exact) mass is 275 g/mol. The smallest absolute Gasteiger partial charge is 0.141 e. The Balaban J connectivity index is 1.72. The minimum absolute atomic E-state index is 0.252. The van der Waals surface area contributed by atoms with Crippen LogP contribution in [-0.2, 0) is 4.74 Å². The summed E-state index contributed by atoms with van der Waals surface area (Å²) < 4.78 is 20.7. The normalized spacial score (nSPS) is 28.1. The molecule has 1 saturated carbocycles. The third-order valence-corrected chi connectivity index (χ3v) is 4.47. The van der Waals surface area contributed by atoms with Gasteiger partial charge < -0.3 is 9.72 Å². The zero-order chi connectivity index (χ0) is 13.9. The average molecular weight is 275 g/mol. The molecule has 0 amide bonds. The van der Waals surface area contributed by atoms with Gasteiger partial charge >= 0.3 is 0 Å². The summed E-state index contributed by atoms with van der Waals surface area (Å²) in [6.45, 7) is 5.99. The Kier molecular flexibility index (Phi) is 2.54. The zero-order valence-corrected chi connectivity index (χ0v) is 11.6. The number of ether oxygens (including phenoxy) is 1. The molecule has 0 aromatic carbocycles. The van der Waals surface area contributed by atoms with Crippen molar-refractivity contribution in [1.29, 1.82) is 0 Å². The van der Waals surface area contributed by atoms with Crippen LogP contribution in [0.15, 0.2) is 18.3 Å². The quantitative estimate of drug-likeness (QED) is 0.935. The number of aromatic nitrogens is 3. The topological polar surface area (TPSA) is 42.8 Å². The van der Waals surface area contributed by atoms with E-state index >= 15 is 0 Å². The van der Waals surface area contributed by atoms with Gasteiger partial charge in [0.2, 0.25) is 0 Å². The van der Waals surface area contributed by atoms with Gasteiger partial charge in [0, 0.05) is 29.9 Å². The zero-order valence-electron chi connectivity index (χ0n) is 11.6. The Morgan fingerprint density at radius 2 is 2.10 bits per heavy atom. The fourth-order valence-corrected chi connectivity index (χ4v) is 3.40. The van der Waals surface area contributed by atoms with Crippen LogP contribution >= 0.6 is 0 Å². The first-order valence-electron chi connectivity index (χ1n) is 7.16. The lowest BCUT2D eigenvalue weighted by Gasteiger charge is -2.12. The van der Waals surface area contributed by atoms with Crippen LogP contribution < -0.4 is 0 Å². The summed E-state index contributed by atoms with van der Waals surface area (Å²) in [6, 6.07) is 3.91. The van der Waals surface area contributed by atoms with Crippen molar-refractivity contribution in [2.75, 3.05) is 13.2 Å². The summed E-state index contributed by atoms with van der Waals surface area (Å²) >= 11 is 0. The van der Waals surface area contributed by atoms with E-state index in [9.17, 15) is 4.39 Å². The van der Waals surface area contributed by atoms with Crippen molar-refractivity contribution in [3.8, 4) is 11.4 Å². The second kappa shape index (κ2) is 4.19. The van der Waals surface area contributed by atoms with E-state index in [0.717, 1.165) is 24.6 Å². The molecule has 106 valence electrons. The SMILES string of the molecule is CC(C)n1nc(-c2cc(F)c[nH]2)cc1C1[C@H]2COC[C@@H]12. The number of H-pyrrole nitrogens is 1. The number of rotatable bonds is 3. The van der Waals surface area contributed by atoms with Crippen LogP contribution in [0.3, 0.4) is 0 Å². The maximum Gasteiger partial charge on any atom is 0.141 e. The Morgan fingerprint density at radius 1 is 1.35 bits per heavy atom. The van der Waals surface area contributed by atoms with Gasteiger partial charge in [-0.05, 0) is 31.7 Å². The molecule has 2 aromatic heterocycles. The molecule has 2 aromatic rings. The maximum absolute atomic E-state index is 13.2. The van der Waals surface area contributed by atoms with Gasteiger partial charge in [0.1, 0.15) is 11.5 Å². The molecule has 2 aliphatic rings. The highest BCUT2D eigenvalue weighted by molar-refractivity contribution is 5.55. The molecule has 1 aliphatic heterocycles. The Labute approximate surface area is 116 Å². The lowest BCUT2D eigenvalue weighted by molar-refractivity contribution is 0.159. The molecular weight excluding hydrogens is 257 g/mol. The van der Waals surface area contributed by atoms with E-state index in [1.165, 1.54) is 18.0 Å². The van der Waals surface area contributed by atoms with Gasteiger partial charge in [-0.3, -0.25) is 4.68 Å². The van der Waals surface area contributed by atoms with Gasteiger partial charge in [-0.25, -0.2) is 4.39 Å². The van der Waals surface area contributed by atoms with E-state index in [0.29, 0.717) is 23.8 Å². The van der Waals surface area contributed by atoms with Gasteiger partial charge in [0.05, 0.1) is 18.9 Å². The van der Waals surface area contributed by atoms with E-state index < -0.39 is 0 Å². The number of aromatic amines is 1. The largest absolute Gasteiger partial charge is 0.381 e. The molecule has 1 N–H and O–H groups in total. The highest BCUT2D eigenvalue weighted by Crippen LogP contribution is 2.57. The van der Waals surface area contributed by atoms with Crippen molar-refractivity contribution in [3.05, 3.63) is 29.8 Å². The molecule has 0 radical (unpaired) electrons. The van der Waals surface area contributed by atoms with Crippen molar-refractivity contribution in [2.24, 2.45) is 11.8 Å². The minimum Gasteiger partial charge on any atom is -0.381 e. The van der Waals surface area contributed by atoms with Crippen molar-refractivity contribution < 1.29 is 9.13 Å². The van der Waals surface area contributed by atoms with Gasteiger partial charge in [-0.2, -0.15) is 5.10 Å². The Bertz CT molecular complexity index is 635. The van der Waals surface area contributed by atoms with E-state index in [-0.39, 0.29) is 5.82 Å². The van der Waals surface area contributed by atoms with E-state index in [4.69, 9.17) is 4.74 Å². The first kappa shape index (κ1) is 12.1. The van der Waals surface area contributed by atoms with Crippen LogP contribution in [0.2, 0.25) is 0 Å². The predicted octanol–water partition coefficient (Wildman–Crippen LogP) is 2.96. The van der Waals surface area contributed by atoms with Gasteiger partial charge in [-0.15, -0.1) is 0 Å². The van der Waals surface area contributed by atoms with Crippen molar-refractivity contribution in [1.82, 2.24) is 14.8 Å². The summed E-state index contributed by atoms with van der Waals surface area (Å²) in [5, 5.41) is 4.66. The van der Waals surface area contributed by atoms with Crippen LogP contribution in [0.5, 0.6) is 0 Å². The highest BCUT2D eigenvalue weighted by atomic mass is 19.1. The molecule has 1 aliphatic carbocycles. The van der Waals surface area contributed by atoms with Crippen LogP contribution in [0.1, 0.15) is 31.5 Å². The van der Waals surface area contributed by atoms with E-state index in [2.05, 4.69) is 34.7 Å². The first-order valence-corrected chi connectivity index (χ1v) is 7.16. The molecule has 4 nitrogen and oxygen atoms in total. The van der Waals surface area contributed by atoms with Crippen LogP contribution in [0.4, 0.5) is 4.39 Å². The predicted molar refractivity (Wildman–Crippen MR) is 72.9 cm³/mol. The molecule has 0 bridgehead atoms. The number of fused-ring (bicyclic) bond motifs is 1. The van der Waals surface area contributed by atoms with Crippen molar-refractivity contribution in [3.63, 3.8) is 0 Å². The molecule has 3 heterocycles. The molecule has 2 fully saturated rings. The summed E-state index contributed by atoms with van der Waals surface area (Å²) in [5.74, 6) is 1.61. The molecule has 4 rings (SSSR count). The van der Waals surface area contributed by atoms with Crippen molar-refractivity contribution >= 4 is 0 Å². The summed E-state index contributed by atoms with van der Waals surface area (Å²) in [5.41, 5.74) is 2.83. The lowest BCUT2D eigenvalue weighted by Crippen LogP contribution is -2.09. The Morgan fingerprint density at radius 3 is 2.70 bits per heavy atom. The highest BCUT2D eigenvalue weighted by Gasteiger charge is 2.56. The minimum atomic E-state index is -0.252. The molecule has 3 atom stereocenters.